The maximum atomic E-state index is 14.3. The molecule has 0 aliphatic heterocycles. The first-order chi connectivity index (χ1) is 20.6. The number of carbonyl (C=O) groups is 2. The molecule has 0 bridgehead atoms. The smallest absolute Gasteiger partial charge is 0.264 e. The summed E-state index contributed by atoms with van der Waals surface area (Å²) in [6.07, 6.45) is 2.19. The molecule has 224 valence electrons. The lowest BCUT2D eigenvalue weighted by molar-refractivity contribution is -0.139. The van der Waals surface area contributed by atoms with Gasteiger partial charge in [-0.2, -0.15) is 0 Å². The van der Waals surface area contributed by atoms with Crippen LogP contribution in [0.25, 0.3) is 0 Å². The maximum Gasteiger partial charge on any atom is 0.264 e. The maximum absolute atomic E-state index is 14.3. The number of carbonyl (C=O) groups excluding carboxylic acids is 2. The highest BCUT2D eigenvalue weighted by molar-refractivity contribution is 7.98. The zero-order valence-electron chi connectivity index (χ0n) is 24.9. The third-order valence-corrected chi connectivity index (χ3v) is 9.77. The van der Waals surface area contributed by atoms with Gasteiger partial charge in [0, 0.05) is 24.9 Å². The van der Waals surface area contributed by atoms with Crippen LogP contribution in [-0.4, -0.2) is 51.0 Å². The first-order valence-corrected chi connectivity index (χ1v) is 16.6. The highest BCUT2D eigenvalue weighted by Crippen LogP contribution is 2.27. The van der Waals surface area contributed by atoms with Gasteiger partial charge in [-0.15, -0.1) is 11.8 Å². The number of sulfonamides is 1. The molecule has 0 unspecified atom stereocenters. The molecule has 1 atom stereocenters. The van der Waals surface area contributed by atoms with E-state index in [1.807, 2.05) is 86.8 Å². The van der Waals surface area contributed by atoms with Crippen LogP contribution < -0.4 is 9.62 Å². The van der Waals surface area contributed by atoms with E-state index in [2.05, 4.69) is 5.32 Å². The van der Waals surface area contributed by atoms with E-state index in [1.165, 1.54) is 23.7 Å². The van der Waals surface area contributed by atoms with Gasteiger partial charge in [-0.3, -0.25) is 13.9 Å². The highest BCUT2D eigenvalue weighted by atomic mass is 32.2. The van der Waals surface area contributed by atoms with Gasteiger partial charge in [0.05, 0.1) is 10.6 Å². The molecule has 2 amide bonds. The van der Waals surface area contributed by atoms with Crippen LogP contribution in [0.5, 0.6) is 0 Å². The monoisotopic (exact) mass is 615 g/mol. The van der Waals surface area contributed by atoms with Crippen molar-refractivity contribution in [3.8, 4) is 0 Å². The fraction of sp³-hybridized carbons (Fsp3) is 0.235. The van der Waals surface area contributed by atoms with Crippen LogP contribution in [0.4, 0.5) is 5.69 Å². The summed E-state index contributed by atoms with van der Waals surface area (Å²) >= 11 is 1.51. The van der Waals surface area contributed by atoms with E-state index in [1.54, 1.807) is 36.4 Å². The second-order valence-corrected chi connectivity index (χ2v) is 13.1. The summed E-state index contributed by atoms with van der Waals surface area (Å²) in [4.78, 5) is 30.2. The Morgan fingerprint density at radius 1 is 0.791 bits per heavy atom. The SMILES string of the molecule is CNC(=O)[C@@H](Cc1ccccc1)N(Cc1ccc(C)cc1)C(=O)CN(c1ccc(C)cc1)S(=O)(=O)c1ccc(SC)cc1. The minimum atomic E-state index is -4.13. The van der Waals surface area contributed by atoms with Crippen LogP contribution in [-0.2, 0) is 32.6 Å². The van der Waals surface area contributed by atoms with Crippen molar-refractivity contribution in [3.05, 3.63) is 125 Å². The van der Waals surface area contributed by atoms with Crippen molar-refractivity contribution < 1.29 is 18.0 Å². The quantitative estimate of drug-likeness (QED) is 0.210. The zero-order valence-corrected chi connectivity index (χ0v) is 26.5. The van der Waals surface area contributed by atoms with Gasteiger partial charge in [-0.1, -0.05) is 77.9 Å². The largest absolute Gasteiger partial charge is 0.357 e. The fourth-order valence-electron chi connectivity index (χ4n) is 4.73. The van der Waals surface area contributed by atoms with E-state index in [4.69, 9.17) is 0 Å². The second kappa shape index (κ2) is 14.4. The van der Waals surface area contributed by atoms with E-state index in [0.717, 1.165) is 31.5 Å². The number of likely N-dealkylation sites (N-methyl/N-ethyl adjacent to an activating group) is 1. The Morgan fingerprint density at radius 3 is 1.93 bits per heavy atom. The molecule has 0 spiro atoms. The highest BCUT2D eigenvalue weighted by Gasteiger charge is 2.34. The minimum absolute atomic E-state index is 0.0795. The van der Waals surface area contributed by atoms with Gasteiger partial charge in [0.15, 0.2) is 0 Å². The Hall–Kier alpha value is -4.08. The van der Waals surface area contributed by atoms with Crippen molar-refractivity contribution >= 4 is 39.3 Å². The molecule has 0 aliphatic rings. The van der Waals surface area contributed by atoms with Gasteiger partial charge < -0.3 is 10.2 Å². The molecule has 0 aromatic heterocycles. The number of aryl methyl sites for hydroxylation is 2. The third kappa shape index (κ3) is 8.06. The molecular formula is C34H37N3O4S2. The Balaban J connectivity index is 1.77. The van der Waals surface area contributed by atoms with Gasteiger partial charge in [0.1, 0.15) is 12.6 Å². The zero-order chi connectivity index (χ0) is 31.0. The van der Waals surface area contributed by atoms with Gasteiger partial charge in [0.25, 0.3) is 10.0 Å². The third-order valence-electron chi connectivity index (χ3n) is 7.24. The molecule has 1 N–H and O–H groups in total. The summed E-state index contributed by atoms with van der Waals surface area (Å²) in [5.41, 5.74) is 4.11. The molecule has 4 rings (SSSR count). The predicted octanol–water partition coefficient (Wildman–Crippen LogP) is 5.61. The molecule has 0 aliphatic carbocycles. The van der Waals surface area contributed by atoms with E-state index in [9.17, 15) is 18.0 Å². The molecule has 0 fully saturated rings. The summed E-state index contributed by atoms with van der Waals surface area (Å²) in [7, 11) is -2.60. The van der Waals surface area contributed by atoms with Crippen molar-refractivity contribution in [2.45, 2.75) is 42.6 Å². The second-order valence-electron chi connectivity index (χ2n) is 10.3. The van der Waals surface area contributed by atoms with Crippen LogP contribution >= 0.6 is 11.8 Å². The van der Waals surface area contributed by atoms with Crippen LogP contribution in [0.1, 0.15) is 22.3 Å². The molecule has 4 aromatic carbocycles. The molecule has 0 saturated carbocycles. The summed E-state index contributed by atoms with van der Waals surface area (Å²) in [6, 6.07) is 30.0. The van der Waals surface area contributed by atoms with Gasteiger partial charge in [0.2, 0.25) is 11.8 Å². The van der Waals surface area contributed by atoms with Gasteiger partial charge in [-0.25, -0.2) is 8.42 Å². The number of hydrogen-bond donors (Lipinski definition) is 1. The molecule has 0 saturated heterocycles. The minimum Gasteiger partial charge on any atom is -0.357 e. The van der Waals surface area contributed by atoms with Gasteiger partial charge >= 0.3 is 0 Å². The van der Waals surface area contributed by atoms with Crippen molar-refractivity contribution in [1.29, 1.82) is 0 Å². The average Bonchev–Trinajstić information content (AvgIpc) is 3.03. The fourth-order valence-corrected chi connectivity index (χ4v) is 6.55. The van der Waals surface area contributed by atoms with Gasteiger partial charge in [-0.05, 0) is 67.6 Å². The summed E-state index contributed by atoms with van der Waals surface area (Å²) in [5, 5.41) is 2.71. The van der Waals surface area contributed by atoms with Crippen LogP contribution in [0.2, 0.25) is 0 Å². The number of benzene rings is 4. The number of nitrogens with zero attached hydrogens (tertiary/aromatic N) is 2. The Labute approximate surface area is 259 Å². The Morgan fingerprint density at radius 2 is 1.37 bits per heavy atom. The first kappa shape index (κ1) is 31.8. The molecular weight excluding hydrogens is 579 g/mol. The number of rotatable bonds is 12. The molecule has 7 nitrogen and oxygen atoms in total. The number of thioether (sulfide) groups is 1. The van der Waals surface area contributed by atoms with Crippen LogP contribution in [0.3, 0.4) is 0 Å². The molecule has 9 heteroatoms. The summed E-state index contributed by atoms with van der Waals surface area (Å²) in [6.45, 7) is 3.54. The van der Waals surface area contributed by atoms with E-state index in [0.29, 0.717) is 5.69 Å². The average molecular weight is 616 g/mol. The van der Waals surface area contributed by atoms with E-state index in [-0.39, 0.29) is 23.8 Å². The number of amides is 2. The van der Waals surface area contributed by atoms with Crippen molar-refractivity contribution in [2.75, 3.05) is 24.2 Å². The number of anilines is 1. The molecule has 43 heavy (non-hydrogen) atoms. The van der Waals surface area contributed by atoms with Crippen LogP contribution in [0.15, 0.2) is 113 Å². The molecule has 0 radical (unpaired) electrons. The Bertz CT molecular complexity index is 1620. The summed E-state index contributed by atoms with van der Waals surface area (Å²) in [5.74, 6) is -0.822. The van der Waals surface area contributed by atoms with Crippen LogP contribution in [0, 0.1) is 13.8 Å². The number of nitrogens with one attached hydrogen (secondary N) is 1. The molecule has 0 heterocycles. The topological polar surface area (TPSA) is 86.8 Å². The first-order valence-electron chi connectivity index (χ1n) is 14.0. The molecule has 4 aromatic rings. The lowest BCUT2D eigenvalue weighted by Crippen LogP contribution is -2.53. The number of hydrogen-bond acceptors (Lipinski definition) is 5. The predicted molar refractivity (Wildman–Crippen MR) is 174 cm³/mol. The lowest BCUT2D eigenvalue weighted by atomic mass is 10.0. The van der Waals surface area contributed by atoms with Crippen molar-refractivity contribution in [1.82, 2.24) is 10.2 Å². The normalized spacial score (nSPS) is 11.9. The van der Waals surface area contributed by atoms with E-state index >= 15 is 0 Å². The Kier molecular flexibility index (Phi) is 10.7. The van der Waals surface area contributed by atoms with E-state index < -0.39 is 28.5 Å². The van der Waals surface area contributed by atoms with Crippen molar-refractivity contribution in [2.24, 2.45) is 0 Å². The summed E-state index contributed by atoms with van der Waals surface area (Å²) < 4.78 is 29.3. The lowest BCUT2D eigenvalue weighted by Gasteiger charge is -2.33. The standard InChI is InChI=1S/C34H37N3O4S2/c1-25-10-14-28(15-11-25)23-36(32(34(39)35-3)22-27-8-6-5-7-9-27)33(38)24-37(29-16-12-26(2)13-17-29)43(40,41)31-20-18-30(42-4)19-21-31/h5-21,32H,22-24H2,1-4H3,(H,35,39)/t32-/m1/s1. The van der Waals surface area contributed by atoms with Crippen molar-refractivity contribution in [3.63, 3.8) is 0 Å².